The molecule has 1 unspecified atom stereocenters. The van der Waals surface area contributed by atoms with Gasteiger partial charge in [0.15, 0.2) is 35.4 Å². The van der Waals surface area contributed by atoms with E-state index in [2.05, 4.69) is 141 Å². The van der Waals surface area contributed by atoms with Gasteiger partial charge in [-0.1, -0.05) is 116 Å². The molecule has 0 saturated carbocycles. The standard InChI is InChI=1S/C99H101F2N11O11S2/c1-64-34-41-84-68(54-64)47-53-110(84)72-37-40-76-90(59-72)123-89-58-71(109-52-46-66-22-12-15-28-83(66)109)36-39-75(89)95(76)77-25-13-17-30-91(77)124(117,118)108-50-44-67(45-51-108)87(113)43-35-65-55-80(100)96(81(101)56-65)122-63-88(114)82(27-18-19-48-102)104-97(116)69-23-21-24-73(57-69)112-62-70(105-106-112)61-103-94(115)33-11-8-20-49-111-86-29-16-14-26-78(86)98(2,3)93(111)32-10-7-9-31-92-99(4,5)79-60-74(125(119,120)121)38-42-85(79)107(92)6/h7,9-10,12-17,21-26,28-32,34,36-42,54-60,62,67,82H,8,11,18-20,27,33,35,43-53,61,63,102H2,1-6H3,(H-2,103,104,115,116,119,120,121)/p+2. The topological polar surface area (TPSA) is 276 Å². The number of Topliss-reactive ketones (excluding diaryl/α,β-unsaturated/α-hetero) is 2. The molecule has 2 amide bonds. The number of ketones is 2. The Bertz CT molecular complexity index is 6470. The van der Waals surface area contributed by atoms with Gasteiger partial charge in [0.25, 0.3) is 16.0 Å². The molecule has 26 heteroatoms. The van der Waals surface area contributed by atoms with E-state index in [1.165, 1.54) is 43.4 Å². The lowest BCUT2D eigenvalue weighted by atomic mass is 9.81. The number of amides is 2. The van der Waals surface area contributed by atoms with Gasteiger partial charge in [0.2, 0.25) is 32.7 Å². The normalized spacial score (nSPS) is 16.7. The number of benzene rings is 9. The number of anilines is 3. The predicted octanol–water partition coefficient (Wildman–Crippen LogP) is 16.1. The van der Waals surface area contributed by atoms with Gasteiger partial charge < -0.3 is 35.3 Å². The lowest BCUT2D eigenvalue weighted by Gasteiger charge is -2.31. The molecule has 644 valence electrons. The summed E-state index contributed by atoms with van der Waals surface area (Å²) in [6.45, 7) is 12.7. The van der Waals surface area contributed by atoms with E-state index in [1.54, 1.807) is 48.7 Å². The second-order valence-electron chi connectivity index (χ2n) is 34.1. The summed E-state index contributed by atoms with van der Waals surface area (Å²) in [4.78, 5) is 59.7. The van der Waals surface area contributed by atoms with Gasteiger partial charge in [0.1, 0.15) is 36.5 Å². The molecule has 8 aromatic carbocycles. The Hall–Kier alpha value is -12.2. The number of ether oxygens (including phenoxy) is 1. The fourth-order valence-electron chi connectivity index (χ4n) is 18.5. The van der Waals surface area contributed by atoms with E-state index >= 15 is 17.2 Å². The van der Waals surface area contributed by atoms with Gasteiger partial charge in [-0.25, -0.2) is 21.9 Å². The van der Waals surface area contributed by atoms with E-state index in [9.17, 15) is 32.1 Å². The number of rotatable bonds is 31. The number of hydrogen-bond donors (Lipinski definition) is 4. The Morgan fingerprint density at radius 1 is 0.720 bits per heavy atom. The Balaban J connectivity index is 0.499. The van der Waals surface area contributed by atoms with Crippen LogP contribution in [0.4, 0.5) is 37.2 Å². The number of carbonyl (C=O) groups is 4. The smallest absolute Gasteiger partial charge is 0.294 e. The molecule has 1 saturated heterocycles. The van der Waals surface area contributed by atoms with Gasteiger partial charge in [-0.2, -0.15) is 21.9 Å². The summed E-state index contributed by atoms with van der Waals surface area (Å²) >= 11 is 0. The molecule has 9 aromatic rings. The second kappa shape index (κ2) is 36.2. The first-order chi connectivity index (χ1) is 60.1. The molecule has 22 nitrogen and oxygen atoms in total. The zero-order valence-electron chi connectivity index (χ0n) is 71.0. The second-order valence-corrected chi connectivity index (χ2v) is 37.4. The number of aromatic nitrogens is 3. The average Bonchev–Trinajstić information content (AvgIpc) is 1.73. The molecule has 0 bridgehead atoms. The van der Waals surface area contributed by atoms with Gasteiger partial charge in [0, 0.05) is 149 Å². The van der Waals surface area contributed by atoms with Crippen molar-refractivity contribution < 1.29 is 63.1 Å². The van der Waals surface area contributed by atoms with Crippen LogP contribution in [0.1, 0.15) is 141 Å². The minimum atomic E-state index is -4.36. The van der Waals surface area contributed by atoms with Gasteiger partial charge >= 0.3 is 0 Å². The molecule has 6 aliphatic heterocycles. The lowest BCUT2D eigenvalue weighted by Crippen LogP contribution is -2.43. The van der Waals surface area contributed by atoms with Gasteiger partial charge in [-0.15, -0.1) is 5.10 Å². The summed E-state index contributed by atoms with van der Waals surface area (Å²) in [5.41, 5.74) is 22.1. The zero-order valence-corrected chi connectivity index (χ0v) is 72.7. The van der Waals surface area contributed by atoms with E-state index in [0.717, 1.165) is 125 Å². The molecule has 1 fully saturated rings. The summed E-state index contributed by atoms with van der Waals surface area (Å²) < 4.78 is 116. The summed E-state index contributed by atoms with van der Waals surface area (Å²) in [6.07, 6.45) is 17.8. The number of sulfonamides is 1. The number of fused-ring (bicyclic) bond motifs is 6. The first-order valence-electron chi connectivity index (χ1n) is 42.9. The maximum atomic E-state index is 15.9. The number of halogens is 2. The maximum absolute atomic E-state index is 15.9. The third kappa shape index (κ3) is 18.0. The molecule has 0 spiro atoms. The molecule has 1 aromatic heterocycles. The van der Waals surface area contributed by atoms with Gasteiger partial charge in [-0.05, 0) is 193 Å². The highest BCUT2D eigenvalue weighted by atomic mass is 32.2. The minimum absolute atomic E-state index is 0.0113. The van der Waals surface area contributed by atoms with Crippen LogP contribution in [0.5, 0.6) is 5.75 Å². The molecule has 16 rings (SSSR count). The first kappa shape index (κ1) is 86.3. The summed E-state index contributed by atoms with van der Waals surface area (Å²) in [5, 5.41) is 16.0. The van der Waals surface area contributed by atoms with Crippen molar-refractivity contribution in [2.45, 2.75) is 151 Å². The maximum Gasteiger partial charge on any atom is 0.294 e. The summed E-state index contributed by atoms with van der Waals surface area (Å²) in [6, 6.07) is 54.9. The quantitative estimate of drug-likeness (QED) is 0.0103. The highest BCUT2D eigenvalue weighted by Gasteiger charge is 2.45. The monoisotopic (exact) mass is 1720 g/mol. The van der Waals surface area contributed by atoms with Crippen LogP contribution < -0.4 is 40.8 Å². The molecular formula is C99H103F2N11O11S2+2. The van der Waals surface area contributed by atoms with Crippen molar-refractivity contribution in [3.05, 3.63) is 286 Å². The van der Waals surface area contributed by atoms with E-state index in [1.807, 2.05) is 86.2 Å². The number of carbonyl (C=O) groups excluding carboxylic acids is 4. The van der Waals surface area contributed by atoms with Crippen molar-refractivity contribution in [2.75, 3.05) is 62.7 Å². The van der Waals surface area contributed by atoms with Crippen LogP contribution >= 0.6 is 0 Å². The average molecular weight is 1730 g/mol. The lowest BCUT2D eigenvalue weighted by molar-refractivity contribution is -0.401. The molecule has 7 aliphatic rings. The number of unbranched alkanes of at least 4 members (excludes halogenated alkanes) is 3. The molecule has 1 aliphatic carbocycles. The van der Waals surface area contributed by atoms with Crippen molar-refractivity contribution >= 4 is 88.6 Å². The first-order valence-corrected chi connectivity index (χ1v) is 45.8. The van der Waals surface area contributed by atoms with Crippen LogP contribution in [0.25, 0.3) is 39.1 Å². The molecule has 7 heterocycles. The van der Waals surface area contributed by atoms with Crippen molar-refractivity contribution in [2.24, 2.45) is 11.7 Å². The fourth-order valence-corrected chi connectivity index (χ4v) is 20.7. The summed E-state index contributed by atoms with van der Waals surface area (Å²) in [5.74, 6) is -4.39. The van der Waals surface area contributed by atoms with E-state index < -0.39 is 73.2 Å². The minimum Gasteiger partial charge on any atom is -0.480 e. The van der Waals surface area contributed by atoms with Crippen LogP contribution in [0.15, 0.2) is 238 Å². The highest BCUT2D eigenvalue weighted by Crippen LogP contribution is 2.49. The SMILES string of the molecule is Cc1ccc2c(c1)CC[N+]2=c1ccc2c(-c3ccccc3S(=O)(=O)N3CCC(C(=O)CCc4cc(F)c(OCC(=O)C(CCCCN)NC(=O)c5cccc(-n6cc(CNC(=O)CCCCCN7\C(=C/C=C/C=C/C8=[N+](C)c9ccc(S(=O)(=O)O)cc9C8(C)C)C(C)(C)c8ccccc87)nn6)c5)c(F)c4)CC3)c3ccc(N4CCc5ccccc54)cc3oc-2c1. The van der Waals surface area contributed by atoms with Crippen LogP contribution in [0.2, 0.25) is 0 Å². The highest BCUT2D eigenvalue weighted by molar-refractivity contribution is 7.89. The Morgan fingerprint density at radius 3 is 2.29 bits per heavy atom. The van der Waals surface area contributed by atoms with Crippen LogP contribution in [0.3, 0.4) is 0 Å². The molecule has 0 radical (unpaired) electrons. The zero-order chi connectivity index (χ0) is 87.6. The molecular weight excluding hydrogens is 1620 g/mol. The van der Waals surface area contributed by atoms with Gasteiger partial charge in [-0.3, -0.25) is 23.7 Å². The predicted molar refractivity (Wildman–Crippen MR) is 481 cm³/mol. The number of aryl methyl sites for hydroxylation is 2. The molecule has 125 heavy (non-hydrogen) atoms. The summed E-state index contributed by atoms with van der Waals surface area (Å²) in [7, 11) is -6.58. The number of hydrogen-bond acceptors (Lipinski definition) is 15. The number of nitrogens with one attached hydrogen (secondary N) is 2. The molecule has 1 atom stereocenters. The van der Waals surface area contributed by atoms with E-state index in [-0.39, 0.29) is 89.8 Å². The number of nitrogens with two attached hydrogens (primary N) is 1. The van der Waals surface area contributed by atoms with Crippen molar-refractivity contribution in [3.8, 4) is 33.9 Å². The molecule has 5 N–H and O–H groups in total. The van der Waals surface area contributed by atoms with Crippen LogP contribution in [-0.4, -0.2) is 133 Å². The van der Waals surface area contributed by atoms with Crippen molar-refractivity contribution in [1.29, 1.82) is 0 Å². The Kier molecular flexibility index (Phi) is 25.0. The Morgan fingerprint density at radius 2 is 1.49 bits per heavy atom. The number of nitrogens with zero attached hydrogens (tertiary/aromatic N) is 8. The number of para-hydroxylation sites is 2. The largest absolute Gasteiger partial charge is 0.480 e. The third-order valence-electron chi connectivity index (χ3n) is 25.2. The van der Waals surface area contributed by atoms with Crippen LogP contribution in [0, 0.1) is 24.5 Å². The number of piperidine rings is 1. The van der Waals surface area contributed by atoms with Crippen molar-refractivity contribution in [3.63, 3.8) is 0 Å². The van der Waals surface area contributed by atoms with Gasteiger partial charge in [0.05, 0.1) is 45.7 Å². The Labute approximate surface area is 727 Å². The van der Waals surface area contributed by atoms with E-state index in [0.29, 0.717) is 60.5 Å². The van der Waals surface area contributed by atoms with E-state index in [4.69, 9.17) is 14.9 Å². The van der Waals surface area contributed by atoms with Crippen LogP contribution in [-0.2, 0) is 71.2 Å². The number of allylic oxidation sites excluding steroid dienone is 6. The third-order valence-corrected chi connectivity index (χ3v) is 28.0. The fraction of sp³-hybridized carbons (Fsp3) is 0.313. The van der Waals surface area contributed by atoms with Crippen molar-refractivity contribution in [1.82, 2.24) is 34.5 Å².